The van der Waals surface area contributed by atoms with Crippen molar-refractivity contribution in [3.63, 3.8) is 0 Å². The number of likely N-dealkylation sites (tertiary alicyclic amines) is 1. The molecule has 8 nitrogen and oxygen atoms in total. The number of piperazine rings is 1. The summed E-state index contributed by atoms with van der Waals surface area (Å²) in [6.07, 6.45) is 8.81. The Morgan fingerprint density at radius 2 is 1.93 bits per heavy atom. The Balaban J connectivity index is 1.25. The molecule has 4 heterocycles. The lowest BCUT2D eigenvalue weighted by Crippen LogP contribution is -2.64. The highest BCUT2D eigenvalue weighted by atomic mass is 19.1. The van der Waals surface area contributed by atoms with Gasteiger partial charge in [0.2, 0.25) is 0 Å². The molecule has 1 aliphatic carbocycles. The molecule has 1 aromatic carbocycles. The normalized spacial score (nSPS) is 23.0. The number of hydrogen-bond donors (Lipinski definition) is 1. The molecule has 0 unspecified atom stereocenters. The second-order valence-electron chi connectivity index (χ2n) is 12.0. The lowest BCUT2D eigenvalue weighted by atomic mass is 9.90. The molecule has 2 atom stereocenters. The highest BCUT2D eigenvalue weighted by Crippen LogP contribution is 2.40. The molecule has 10 heteroatoms. The fraction of sp³-hybridized carbons (Fsp3) is 0.516. The number of halogens is 2. The summed E-state index contributed by atoms with van der Waals surface area (Å²) >= 11 is 0. The van der Waals surface area contributed by atoms with Gasteiger partial charge in [0, 0.05) is 62.3 Å². The fourth-order valence-corrected chi connectivity index (χ4v) is 7.17. The van der Waals surface area contributed by atoms with E-state index in [9.17, 15) is 18.4 Å². The number of carbonyl (C=O) groups is 1. The summed E-state index contributed by atoms with van der Waals surface area (Å²) in [7, 11) is 1.86. The first-order chi connectivity index (χ1) is 19.8. The number of nitrogens with one attached hydrogen (secondary N) is 1. The summed E-state index contributed by atoms with van der Waals surface area (Å²) in [5.41, 5.74) is 2.21. The van der Waals surface area contributed by atoms with E-state index >= 15 is 0 Å². The van der Waals surface area contributed by atoms with E-state index in [2.05, 4.69) is 15.2 Å². The number of aryl methyl sites for hydroxylation is 1. The molecule has 1 N–H and O–H groups in total. The predicted molar refractivity (Wildman–Crippen MR) is 153 cm³/mol. The first-order valence-corrected chi connectivity index (χ1v) is 14.7. The van der Waals surface area contributed by atoms with Crippen molar-refractivity contribution in [1.29, 1.82) is 0 Å². The van der Waals surface area contributed by atoms with Crippen LogP contribution in [0.3, 0.4) is 0 Å². The molecule has 3 aromatic rings. The topological polar surface area (TPSA) is 73.2 Å². The average molecular weight is 565 g/mol. The second kappa shape index (κ2) is 11.1. The zero-order valence-corrected chi connectivity index (χ0v) is 23.8. The zero-order chi connectivity index (χ0) is 28.7. The number of carbonyl (C=O) groups excluding carboxylic acids is 1. The molecule has 1 saturated carbocycles. The lowest BCUT2D eigenvalue weighted by Gasteiger charge is -2.51. The Morgan fingerprint density at radius 1 is 1.12 bits per heavy atom. The Labute approximate surface area is 239 Å². The van der Waals surface area contributed by atoms with Crippen LogP contribution in [0.2, 0.25) is 0 Å². The number of hydrogen-bond acceptors (Lipinski definition) is 5. The van der Waals surface area contributed by atoms with Crippen molar-refractivity contribution in [3.05, 3.63) is 81.4 Å². The van der Waals surface area contributed by atoms with Crippen molar-refractivity contribution in [2.45, 2.75) is 69.6 Å². The minimum Gasteiger partial charge on any atom is -0.321 e. The van der Waals surface area contributed by atoms with Crippen LogP contribution < -0.4 is 10.9 Å². The minimum absolute atomic E-state index is 0.0577. The number of rotatable bonds is 4. The monoisotopic (exact) mass is 564 g/mol. The van der Waals surface area contributed by atoms with Gasteiger partial charge in [0.05, 0.1) is 11.6 Å². The van der Waals surface area contributed by atoms with Gasteiger partial charge >= 0.3 is 6.03 Å². The second-order valence-corrected chi connectivity index (χ2v) is 12.0. The Kier molecular flexibility index (Phi) is 7.54. The van der Waals surface area contributed by atoms with E-state index in [-0.39, 0.29) is 28.7 Å². The van der Waals surface area contributed by atoms with Crippen molar-refractivity contribution >= 4 is 11.7 Å². The summed E-state index contributed by atoms with van der Waals surface area (Å²) in [5.74, 6) is -0.998. The van der Waals surface area contributed by atoms with E-state index < -0.39 is 17.7 Å². The van der Waals surface area contributed by atoms with Crippen molar-refractivity contribution in [3.8, 4) is 0 Å². The van der Waals surface area contributed by atoms with E-state index in [1.807, 2.05) is 37.2 Å². The summed E-state index contributed by atoms with van der Waals surface area (Å²) < 4.78 is 30.7. The molecule has 2 amide bonds. The van der Waals surface area contributed by atoms with Gasteiger partial charge in [-0.05, 0) is 69.5 Å². The number of aromatic nitrogens is 2. The van der Waals surface area contributed by atoms with Crippen LogP contribution in [0.1, 0.15) is 61.3 Å². The van der Waals surface area contributed by atoms with Gasteiger partial charge in [-0.3, -0.25) is 14.1 Å². The smallest absolute Gasteiger partial charge is 0.320 e. The minimum atomic E-state index is -0.547. The maximum absolute atomic E-state index is 14.9. The van der Waals surface area contributed by atoms with Crippen LogP contribution in [0.5, 0.6) is 0 Å². The molecule has 41 heavy (non-hydrogen) atoms. The first-order valence-electron chi connectivity index (χ1n) is 14.7. The number of amides is 2. The van der Waals surface area contributed by atoms with Gasteiger partial charge in [0.1, 0.15) is 17.3 Å². The number of nitrogens with zero attached hydrogens (tertiary/aromatic N) is 5. The molecular weight excluding hydrogens is 526 g/mol. The molecular formula is C31H38F2N6O2. The number of piperidine rings is 1. The number of fused-ring (bicyclic) bond motifs is 1. The summed E-state index contributed by atoms with van der Waals surface area (Å²) in [4.78, 5) is 38.0. The molecule has 6 rings (SSSR count). The zero-order valence-electron chi connectivity index (χ0n) is 23.8. The van der Waals surface area contributed by atoms with Gasteiger partial charge in [-0.1, -0.05) is 18.9 Å². The van der Waals surface area contributed by atoms with Crippen molar-refractivity contribution in [2.24, 2.45) is 0 Å². The number of pyridine rings is 1. The van der Waals surface area contributed by atoms with Crippen LogP contribution in [0.25, 0.3) is 5.65 Å². The Hall–Kier alpha value is -3.37. The maximum atomic E-state index is 14.9. The van der Waals surface area contributed by atoms with Crippen LogP contribution in [0.4, 0.5) is 13.6 Å². The quantitative estimate of drug-likeness (QED) is 0.513. The van der Waals surface area contributed by atoms with E-state index in [1.165, 1.54) is 6.07 Å². The van der Waals surface area contributed by atoms with E-state index in [4.69, 9.17) is 0 Å². The fourth-order valence-electron chi connectivity index (χ4n) is 7.17. The molecule has 3 aliphatic rings. The van der Waals surface area contributed by atoms with Gasteiger partial charge in [0.15, 0.2) is 0 Å². The van der Waals surface area contributed by atoms with Crippen molar-refractivity contribution in [1.82, 2.24) is 29.4 Å². The van der Waals surface area contributed by atoms with E-state index in [0.29, 0.717) is 50.4 Å². The van der Waals surface area contributed by atoms with Crippen LogP contribution in [0.15, 0.2) is 47.5 Å². The van der Waals surface area contributed by atoms with Crippen LogP contribution in [-0.2, 0) is 6.54 Å². The highest BCUT2D eigenvalue weighted by molar-refractivity contribution is 5.75. The third kappa shape index (κ3) is 5.23. The Bertz CT molecular complexity index is 1500. The lowest BCUT2D eigenvalue weighted by molar-refractivity contribution is -0.00246. The molecule has 2 saturated heterocycles. The molecule has 218 valence electrons. The van der Waals surface area contributed by atoms with Crippen LogP contribution in [-0.4, -0.2) is 74.9 Å². The SMILES string of the molecule is CN[C@@H]1CCN(C(=O)N2CCN(Cc3cnc4ccc(C)cn4c3=O)C3(CCCC3)C2)[C@H](c2cc(F)ccc2F)C1. The van der Waals surface area contributed by atoms with E-state index in [0.717, 1.165) is 49.8 Å². The molecule has 0 radical (unpaired) electrons. The molecule has 3 fully saturated rings. The highest BCUT2D eigenvalue weighted by Gasteiger charge is 2.46. The Morgan fingerprint density at radius 3 is 2.71 bits per heavy atom. The molecule has 2 aromatic heterocycles. The summed E-state index contributed by atoms with van der Waals surface area (Å²) in [5, 5.41) is 3.26. The summed E-state index contributed by atoms with van der Waals surface area (Å²) in [6.45, 7) is 4.60. The molecule has 2 aliphatic heterocycles. The van der Waals surface area contributed by atoms with Gasteiger partial charge in [-0.15, -0.1) is 0 Å². The van der Waals surface area contributed by atoms with Crippen molar-refractivity contribution < 1.29 is 13.6 Å². The van der Waals surface area contributed by atoms with Gasteiger partial charge in [-0.2, -0.15) is 0 Å². The standard InChI is InChI=1S/C31H38F2N6O2/c1-21-5-8-28-35-17-22(29(40)39(28)18-21)19-37-14-13-36(20-31(37)10-3-4-11-31)30(41)38-12-9-24(34-2)16-27(38)25-15-23(32)6-7-26(25)33/h5-8,15,17-18,24,27,34H,3-4,9-14,16,19-20H2,1-2H3/t24-,27+/m1/s1. The third-order valence-electron chi connectivity index (χ3n) is 9.46. The molecule has 0 bridgehead atoms. The first kappa shape index (κ1) is 27.8. The maximum Gasteiger partial charge on any atom is 0.320 e. The van der Waals surface area contributed by atoms with Crippen LogP contribution in [0, 0.1) is 18.6 Å². The van der Waals surface area contributed by atoms with Gasteiger partial charge in [-0.25, -0.2) is 18.6 Å². The predicted octanol–water partition coefficient (Wildman–Crippen LogP) is 4.26. The van der Waals surface area contributed by atoms with Gasteiger partial charge in [0.25, 0.3) is 5.56 Å². The van der Waals surface area contributed by atoms with E-state index in [1.54, 1.807) is 15.5 Å². The van der Waals surface area contributed by atoms with Crippen molar-refractivity contribution in [2.75, 3.05) is 33.2 Å². The number of urea groups is 1. The third-order valence-corrected chi connectivity index (χ3v) is 9.46. The van der Waals surface area contributed by atoms with Crippen LogP contribution >= 0.6 is 0 Å². The largest absolute Gasteiger partial charge is 0.321 e. The average Bonchev–Trinajstić information content (AvgIpc) is 3.45. The van der Waals surface area contributed by atoms with Gasteiger partial charge < -0.3 is 15.1 Å². The summed E-state index contributed by atoms with van der Waals surface area (Å²) in [6, 6.07) is 6.73. The number of benzene rings is 1. The molecule has 1 spiro atoms.